The van der Waals surface area contributed by atoms with Gasteiger partial charge in [-0.15, -0.1) is 0 Å². The lowest BCUT2D eigenvalue weighted by atomic mass is 9.86. The maximum absolute atomic E-state index is 13.6. The molecule has 20 heavy (non-hydrogen) atoms. The van der Waals surface area contributed by atoms with Crippen molar-refractivity contribution in [2.45, 2.75) is 39.2 Å². The van der Waals surface area contributed by atoms with Crippen LogP contribution in [-0.2, 0) is 0 Å². The Hall–Kier alpha value is -1.62. The van der Waals surface area contributed by atoms with Crippen LogP contribution >= 0.6 is 0 Å². The van der Waals surface area contributed by atoms with Crippen LogP contribution < -0.4 is 10.6 Å². The monoisotopic (exact) mass is 280 g/mol. The number of nitrogens with one attached hydrogen (secondary N) is 2. The van der Waals surface area contributed by atoms with Crippen LogP contribution in [0.2, 0.25) is 0 Å². The molecule has 0 radical (unpaired) electrons. The fourth-order valence-corrected chi connectivity index (χ4v) is 2.72. The summed E-state index contributed by atoms with van der Waals surface area (Å²) in [6, 6.07) is 4.06. The molecule has 0 saturated heterocycles. The minimum Gasteiger partial charge on any atom is -0.396 e. The number of carbonyl (C=O) groups is 1. The van der Waals surface area contributed by atoms with E-state index in [1.54, 1.807) is 12.1 Å². The van der Waals surface area contributed by atoms with E-state index in [4.69, 9.17) is 0 Å². The molecule has 0 spiro atoms. The van der Waals surface area contributed by atoms with Crippen molar-refractivity contribution in [1.29, 1.82) is 0 Å². The first-order chi connectivity index (χ1) is 9.44. The number of aliphatic hydroxyl groups is 1. The minimum absolute atomic E-state index is 0.0384. The Morgan fingerprint density at radius 1 is 1.55 bits per heavy atom. The van der Waals surface area contributed by atoms with Crippen LogP contribution in [-0.4, -0.2) is 23.8 Å². The molecule has 0 aliphatic heterocycles. The van der Waals surface area contributed by atoms with Gasteiger partial charge in [0.05, 0.1) is 12.3 Å². The molecule has 2 amide bonds. The highest BCUT2D eigenvalue weighted by Crippen LogP contribution is 2.37. The van der Waals surface area contributed by atoms with E-state index < -0.39 is 11.8 Å². The van der Waals surface area contributed by atoms with E-state index in [0.29, 0.717) is 0 Å². The maximum Gasteiger partial charge on any atom is 0.319 e. The van der Waals surface area contributed by atoms with Gasteiger partial charge in [0.15, 0.2) is 0 Å². The van der Waals surface area contributed by atoms with Crippen molar-refractivity contribution in [3.05, 3.63) is 29.6 Å². The highest BCUT2D eigenvalue weighted by atomic mass is 19.1. The van der Waals surface area contributed by atoms with Gasteiger partial charge in [0, 0.05) is 11.5 Å². The SMILES string of the molecule is Cc1ccc(F)c(NC(=O)NC2CCCC2(C)CO)c1. The van der Waals surface area contributed by atoms with Crippen molar-refractivity contribution in [1.82, 2.24) is 5.32 Å². The number of aryl methyl sites for hydroxylation is 1. The fraction of sp³-hybridized carbons (Fsp3) is 0.533. The first-order valence-corrected chi connectivity index (χ1v) is 6.89. The van der Waals surface area contributed by atoms with Crippen LogP contribution in [0.4, 0.5) is 14.9 Å². The van der Waals surface area contributed by atoms with Gasteiger partial charge in [0.25, 0.3) is 0 Å². The van der Waals surface area contributed by atoms with E-state index in [9.17, 15) is 14.3 Å². The van der Waals surface area contributed by atoms with Crippen molar-refractivity contribution in [2.24, 2.45) is 5.41 Å². The number of hydrogen-bond donors (Lipinski definition) is 3. The van der Waals surface area contributed by atoms with Gasteiger partial charge >= 0.3 is 6.03 Å². The number of benzene rings is 1. The van der Waals surface area contributed by atoms with E-state index in [-0.39, 0.29) is 23.8 Å². The molecule has 110 valence electrons. The normalized spacial score (nSPS) is 25.5. The molecule has 2 rings (SSSR count). The molecule has 1 aliphatic carbocycles. The predicted octanol–water partition coefficient (Wildman–Crippen LogP) is 2.81. The second-order valence-corrected chi connectivity index (χ2v) is 5.84. The number of anilines is 1. The summed E-state index contributed by atoms with van der Waals surface area (Å²) in [6.45, 7) is 3.83. The Morgan fingerprint density at radius 3 is 3.00 bits per heavy atom. The predicted molar refractivity (Wildman–Crippen MR) is 76.1 cm³/mol. The third kappa shape index (κ3) is 3.10. The Bertz CT molecular complexity index is 507. The number of urea groups is 1. The molecule has 4 nitrogen and oxygen atoms in total. The van der Waals surface area contributed by atoms with E-state index in [2.05, 4.69) is 10.6 Å². The lowest BCUT2D eigenvalue weighted by Crippen LogP contribution is -2.46. The Kier molecular flexibility index (Phi) is 4.28. The average molecular weight is 280 g/mol. The molecule has 1 saturated carbocycles. The summed E-state index contributed by atoms with van der Waals surface area (Å²) in [4.78, 5) is 12.0. The molecule has 2 unspecified atom stereocenters. The van der Waals surface area contributed by atoms with E-state index in [1.807, 2.05) is 13.8 Å². The molecule has 1 aliphatic rings. The Balaban J connectivity index is 2.01. The summed E-state index contributed by atoms with van der Waals surface area (Å²) in [6.07, 6.45) is 2.69. The molecule has 0 bridgehead atoms. The minimum atomic E-state index is -0.456. The zero-order chi connectivity index (χ0) is 14.8. The van der Waals surface area contributed by atoms with Gasteiger partial charge in [0.1, 0.15) is 5.82 Å². The Morgan fingerprint density at radius 2 is 2.30 bits per heavy atom. The van der Waals surface area contributed by atoms with Crippen molar-refractivity contribution >= 4 is 11.7 Å². The van der Waals surface area contributed by atoms with Crippen molar-refractivity contribution in [2.75, 3.05) is 11.9 Å². The van der Waals surface area contributed by atoms with Gasteiger partial charge in [0.2, 0.25) is 0 Å². The molecular formula is C15H21FN2O2. The van der Waals surface area contributed by atoms with Crippen LogP contribution in [0.25, 0.3) is 0 Å². The van der Waals surface area contributed by atoms with Crippen LogP contribution in [0, 0.1) is 18.2 Å². The van der Waals surface area contributed by atoms with E-state index in [1.165, 1.54) is 6.07 Å². The van der Waals surface area contributed by atoms with Gasteiger partial charge < -0.3 is 15.7 Å². The molecule has 1 aromatic rings. The van der Waals surface area contributed by atoms with Gasteiger partial charge in [-0.05, 0) is 37.5 Å². The van der Waals surface area contributed by atoms with Crippen LogP contribution in [0.15, 0.2) is 18.2 Å². The van der Waals surface area contributed by atoms with Gasteiger partial charge in [-0.1, -0.05) is 19.4 Å². The smallest absolute Gasteiger partial charge is 0.319 e. The second kappa shape index (κ2) is 5.79. The summed E-state index contributed by atoms with van der Waals surface area (Å²) in [5.74, 6) is -0.456. The zero-order valence-electron chi connectivity index (χ0n) is 11.9. The second-order valence-electron chi connectivity index (χ2n) is 5.84. The largest absolute Gasteiger partial charge is 0.396 e. The van der Waals surface area contributed by atoms with Crippen molar-refractivity contribution in [3.63, 3.8) is 0 Å². The fourth-order valence-electron chi connectivity index (χ4n) is 2.72. The molecule has 2 atom stereocenters. The molecule has 0 aromatic heterocycles. The topological polar surface area (TPSA) is 61.4 Å². The maximum atomic E-state index is 13.6. The van der Waals surface area contributed by atoms with E-state index >= 15 is 0 Å². The molecule has 0 heterocycles. The molecule has 1 aromatic carbocycles. The first kappa shape index (κ1) is 14.8. The number of aliphatic hydroxyl groups excluding tert-OH is 1. The lowest BCUT2D eigenvalue weighted by Gasteiger charge is -2.30. The molecular weight excluding hydrogens is 259 g/mol. The summed E-state index contributed by atoms with van der Waals surface area (Å²) in [7, 11) is 0. The third-order valence-corrected chi connectivity index (χ3v) is 4.12. The summed E-state index contributed by atoms with van der Waals surface area (Å²) < 4.78 is 13.6. The highest BCUT2D eigenvalue weighted by Gasteiger charge is 2.39. The molecule has 3 N–H and O–H groups in total. The quantitative estimate of drug-likeness (QED) is 0.797. The first-order valence-electron chi connectivity index (χ1n) is 6.89. The molecule has 1 fully saturated rings. The number of amides is 2. The summed E-state index contributed by atoms with van der Waals surface area (Å²) >= 11 is 0. The van der Waals surface area contributed by atoms with Crippen LogP contribution in [0.5, 0.6) is 0 Å². The number of carbonyl (C=O) groups excluding carboxylic acids is 1. The van der Waals surface area contributed by atoms with E-state index in [0.717, 1.165) is 24.8 Å². The standard InChI is InChI=1S/C15H21FN2O2/c1-10-5-6-11(16)12(8-10)17-14(20)18-13-4-3-7-15(13,2)9-19/h5-6,8,13,19H,3-4,7,9H2,1-2H3,(H2,17,18,20). The number of halogens is 1. The van der Waals surface area contributed by atoms with Crippen molar-refractivity contribution < 1.29 is 14.3 Å². The average Bonchev–Trinajstić information content (AvgIpc) is 2.76. The highest BCUT2D eigenvalue weighted by molar-refractivity contribution is 5.89. The molecule has 5 heteroatoms. The van der Waals surface area contributed by atoms with Crippen molar-refractivity contribution in [3.8, 4) is 0 Å². The number of hydrogen-bond acceptors (Lipinski definition) is 2. The van der Waals surface area contributed by atoms with Crippen LogP contribution in [0.1, 0.15) is 31.7 Å². The van der Waals surface area contributed by atoms with Gasteiger partial charge in [-0.25, -0.2) is 9.18 Å². The Labute approximate surface area is 118 Å². The third-order valence-electron chi connectivity index (χ3n) is 4.12. The summed E-state index contributed by atoms with van der Waals surface area (Å²) in [5, 5.41) is 14.8. The van der Waals surface area contributed by atoms with Gasteiger partial charge in [-0.3, -0.25) is 0 Å². The van der Waals surface area contributed by atoms with Crippen LogP contribution in [0.3, 0.4) is 0 Å². The number of rotatable bonds is 3. The lowest BCUT2D eigenvalue weighted by molar-refractivity contribution is 0.122. The summed E-state index contributed by atoms with van der Waals surface area (Å²) in [5.41, 5.74) is 0.761. The van der Waals surface area contributed by atoms with Gasteiger partial charge in [-0.2, -0.15) is 0 Å². The zero-order valence-corrected chi connectivity index (χ0v) is 11.9.